The van der Waals surface area contributed by atoms with E-state index in [1.807, 2.05) is 12.1 Å². The van der Waals surface area contributed by atoms with Crippen LogP contribution in [-0.2, 0) is 21.4 Å². The van der Waals surface area contributed by atoms with Gasteiger partial charge in [0.2, 0.25) is 5.78 Å². The van der Waals surface area contributed by atoms with Crippen molar-refractivity contribution in [1.82, 2.24) is 0 Å². The molecule has 0 unspecified atom stereocenters. The molecule has 2 rings (SSSR count). The van der Waals surface area contributed by atoms with E-state index in [1.165, 1.54) is 7.11 Å². The average molecular weight is 384 g/mol. The van der Waals surface area contributed by atoms with Gasteiger partial charge in [-0.25, -0.2) is 0 Å². The van der Waals surface area contributed by atoms with Gasteiger partial charge in [0.25, 0.3) is 0 Å². The molecule has 0 saturated heterocycles. The summed E-state index contributed by atoms with van der Waals surface area (Å²) in [6.07, 6.45) is -0.811. The number of ether oxygens (including phenoxy) is 3. The van der Waals surface area contributed by atoms with Crippen LogP contribution in [0.2, 0.25) is 0 Å². The van der Waals surface area contributed by atoms with Gasteiger partial charge in [-0.2, -0.15) is 0 Å². The van der Waals surface area contributed by atoms with Gasteiger partial charge < -0.3 is 14.2 Å². The van der Waals surface area contributed by atoms with Crippen LogP contribution in [0.3, 0.4) is 0 Å². The number of ketones is 1. The van der Waals surface area contributed by atoms with Crippen LogP contribution in [0.1, 0.15) is 49.2 Å². The average Bonchev–Trinajstić information content (AvgIpc) is 2.66. The first-order chi connectivity index (χ1) is 13.2. The number of hydrogen-bond acceptors (Lipinski definition) is 5. The molecule has 0 fully saturated rings. The number of hydrogen-bond donors (Lipinski definition) is 0. The first-order valence-corrected chi connectivity index (χ1v) is 9.21. The van der Waals surface area contributed by atoms with Crippen molar-refractivity contribution in [3.63, 3.8) is 0 Å². The van der Waals surface area contributed by atoms with Crippen molar-refractivity contribution in [2.45, 2.75) is 45.6 Å². The van der Waals surface area contributed by atoms with Gasteiger partial charge >= 0.3 is 5.97 Å². The summed E-state index contributed by atoms with van der Waals surface area (Å²) in [6, 6.07) is 12.6. The van der Waals surface area contributed by atoms with E-state index >= 15 is 0 Å². The summed E-state index contributed by atoms with van der Waals surface area (Å²) in [7, 11) is 3.08. The molecule has 0 saturated carbocycles. The molecule has 2 aromatic rings. The maximum Gasteiger partial charge on any atom is 0.310 e. The SMILES string of the molecule is COc1ccc(CC(=O)O[C@H](C)C(=O)c2ccc(C(C)(C)C)cc2)cc1OC. The molecule has 2 aromatic carbocycles. The highest BCUT2D eigenvalue weighted by atomic mass is 16.5. The van der Waals surface area contributed by atoms with Crippen molar-refractivity contribution in [1.29, 1.82) is 0 Å². The quantitative estimate of drug-likeness (QED) is 0.524. The van der Waals surface area contributed by atoms with E-state index in [0.29, 0.717) is 17.1 Å². The molecule has 0 amide bonds. The lowest BCUT2D eigenvalue weighted by Gasteiger charge is -2.19. The lowest BCUT2D eigenvalue weighted by atomic mass is 9.86. The van der Waals surface area contributed by atoms with Crippen LogP contribution in [0, 0.1) is 0 Å². The first-order valence-electron chi connectivity index (χ1n) is 9.21. The minimum Gasteiger partial charge on any atom is -0.493 e. The Morgan fingerprint density at radius 1 is 0.929 bits per heavy atom. The van der Waals surface area contributed by atoms with Gasteiger partial charge in [-0.15, -0.1) is 0 Å². The fourth-order valence-corrected chi connectivity index (χ4v) is 2.82. The zero-order valence-electron chi connectivity index (χ0n) is 17.4. The molecule has 28 heavy (non-hydrogen) atoms. The van der Waals surface area contributed by atoms with E-state index in [4.69, 9.17) is 14.2 Å². The number of methoxy groups -OCH3 is 2. The Bertz CT molecular complexity index is 831. The highest BCUT2D eigenvalue weighted by Crippen LogP contribution is 2.28. The molecule has 0 spiro atoms. The maximum absolute atomic E-state index is 12.6. The molecule has 0 N–H and O–H groups in total. The highest BCUT2D eigenvalue weighted by molar-refractivity contribution is 6.00. The van der Waals surface area contributed by atoms with Crippen molar-refractivity contribution < 1.29 is 23.8 Å². The predicted molar refractivity (Wildman–Crippen MR) is 108 cm³/mol. The standard InChI is InChI=1S/C23H28O5/c1-15(22(25)17-8-10-18(11-9-17)23(2,3)4)28-21(24)14-16-7-12-19(26-5)20(13-16)27-6/h7-13,15H,14H2,1-6H3/t15-/m1/s1. The molecule has 0 radical (unpaired) electrons. The zero-order chi connectivity index (χ0) is 20.9. The molecule has 1 atom stereocenters. The molecule has 150 valence electrons. The molecule has 0 aromatic heterocycles. The van der Waals surface area contributed by atoms with E-state index in [2.05, 4.69) is 20.8 Å². The van der Waals surface area contributed by atoms with Crippen LogP contribution >= 0.6 is 0 Å². The molecule has 5 heteroatoms. The first kappa shape index (κ1) is 21.5. The smallest absolute Gasteiger partial charge is 0.310 e. The van der Waals surface area contributed by atoms with E-state index in [1.54, 1.807) is 44.4 Å². The summed E-state index contributed by atoms with van der Waals surface area (Å²) in [6.45, 7) is 7.93. The second kappa shape index (κ2) is 8.91. The Hall–Kier alpha value is -2.82. The monoisotopic (exact) mass is 384 g/mol. The molecule has 0 aliphatic rings. The minimum absolute atomic E-state index is 0.0130. The third-order valence-electron chi connectivity index (χ3n) is 4.51. The Balaban J connectivity index is 2.01. The molecule has 0 aliphatic heterocycles. The van der Waals surface area contributed by atoms with Crippen LogP contribution in [-0.4, -0.2) is 32.1 Å². The Morgan fingerprint density at radius 3 is 2.07 bits per heavy atom. The van der Waals surface area contributed by atoms with E-state index in [9.17, 15) is 9.59 Å². The summed E-state index contributed by atoms with van der Waals surface area (Å²) in [5.74, 6) is 0.429. The van der Waals surface area contributed by atoms with Gasteiger partial charge in [0.1, 0.15) is 0 Å². The molecular weight excluding hydrogens is 356 g/mol. The number of Topliss-reactive ketones (excluding diaryl/α,β-unsaturated/α-hetero) is 1. The third-order valence-corrected chi connectivity index (χ3v) is 4.51. The summed E-state index contributed by atoms with van der Waals surface area (Å²) in [5.41, 5.74) is 2.40. The van der Waals surface area contributed by atoms with E-state index < -0.39 is 12.1 Å². The largest absolute Gasteiger partial charge is 0.493 e. The van der Waals surface area contributed by atoms with Crippen LogP contribution in [0.25, 0.3) is 0 Å². The second-order valence-corrected chi connectivity index (χ2v) is 7.69. The van der Waals surface area contributed by atoms with Crippen molar-refractivity contribution in [3.05, 3.63) is 59.2 Å². The minimum atomic E-state index is -0.854. The number of benzene rings is 2. The van der Waals surface area contributed by atoms with Crippen LogP contribution in [0.4, 0.5) is 0 Å². The Kier molecular flexibility index (Phi) is 6.84. The topological polar surface area (TPSA) is 61.8 Å². The van der Waals surface area contributed by atoms with Crippen molar-refractivity contribution in [3.8, 4) is 11.5 Å². The van der Waals surface area contributed by atoms with E-state index in [-0.39, 0.29) is 17.6 Å². The fraction of sp³-hybridized carbons (Fsp3) is 0.391. The van der Waals surface area contributed by atoms with Gasteiger partial charge in [-0.1, -0.05) is 51.1 Å². The summed E-state index contributed by atoms with van der Waals surface area (Å²) in [4.78, 5) is 24.8. The van der Waals surface area contributed by atoms with Crippen LogP contribution in [0.15, 0.2) is 42.5 Å². The zero-order valence-corrected chi connectivity index (χ0v) is 17.4. The van der Waals surface area contributed by atoms with Crippen LogP contribution in [0.5, 0.6) is 11.5 Å². The predicted octanol–water partition coefficient (Wildman–Crippen LogP) is 4.36. The Labute approximate surface area is 166 Å². The molecule has 0 heterocycles. The highest BCUT2D eigenvalue weighted by Gasteiger charge is 2.21. The molecule has 5 nitrogen and oxygen atoms in total. The fourth-order valence-electron chi connectivity index (χ4n) is 2.82. The van der Waals surface area contributed by atoms with Gasteiger partial charge in [0, 0.05) is 5.56 Å². The lowest BCUT2D eigenvalue weighted by molar-refractivity contribution is -0.145. The van der Waals surface area contributed by atoms with Crippen molar-refractivity contribution in [2.75, 3.05) is 14.2 Å². The van der Waals surface area contributed by atoms with Gasteiger partial charge in [0.05, 0.1) is 20.6 Å². The number of rotatable bonds is 7. The third kappa shape index (κ3) is 5.35. The summed E-state index contributed by atoms with van der Waals surface area (Å²) in [5, 5.41) is 0. The molecule has 0 bridgehead atoms. The van der Waals surface area contributed by atoms with Crippen molar-refractivity contribution >= 4 is 11.8 Å². The molecular formula is C23H28O5. The number of esters is 1. The normalized spacial score (nSPS) is 12.2. The van der Waals surface area contributed by atoms with E-state index in [0.717, 1.165) is 11.1 Å². The lowest BCUT2D eigenvalue weighted by Crippen LogP contribution is -2.25. The van der Waals surface area contributed by atoms with Gasteiger partial charge in [-0.3, -0.25) is 9.59 Å². The second-order valence-electron chi connectivity index (χ2n) is 7.69. The maximum atomic E-state index is 12.6. The van der Waals surface area contributed by atoms with Gasteiger partial charge in [-0.05, 0) is 35.6 Å². The number of carbonyl (C=O) groups excluding carboxylic acids is 2. The summed E-state index contributed by atoms with van der Waals surface area (Å²) < 4.78 is 15.8. The Morgan fingerprint density at radius 2 is 1.54 bits per heavy atom. The van der Waals surface area contributed by atoms with Gasteiger partial charge in [0.15, 0.2) is 17.6 Å². The number of carbonyl (C=O) groups is 2. The van der Waals surface area contributed by atoms with Crippen molar-refractivity contribution in [2.24, 2.45) is 0 Å². The molecule has 0 aliphatic carbocycles. The summed E-state index contributed by atoms with van der Waals surface area (Å²) >= 11 is 0. The van der Waals surface area contributed by atoms with Crippen LogP contribution < -0.4 is 9.47 Å².